The molecule has 0 spiro atoms. The van der Waals surface area contributed by atoms with Crippen molar-refractivity contribution in [2.75, 3.05) is 0 Å². The van der Waals surface area contributed by atoms with Gasteiger partial charge in [0.25, 0.3) is 5.56 Å². The number of nitrogens with one attached hydrogen (secondary N) is 1. The minimum Gasteiger partial charge on any atom is -0.350 e. The minimum absolute atomic E-state index is 0.0970. The van der Waals surface area contributed by atoms with Crippen LogP contribution in [0.5, 0.6) is 0 Å². The largest absolute Gasteiger partial charge is 0.350 e. The molecule has 3 rings (SSSR count). The van der Waals surface area contributed by atoms with Crippen LogP contribution >= 0.6 is 11.3 Å². The molecule has 1 aromatic carbocycles. The first-order chi connectivity index (χ1) is 11.6. The minimum atomic E-state index is -0.321. The average Bonchev–Trinajstić information content (AvgIpc) is 3.01. The van der Waals surface area contributed by atoms with Crippen LogP contribution in [0.2, 0.25) is 0 Å². The lowest BCUT2D eigenvalue weighted by Crippen LogP contribution is -2.32. The molecule has 0 unspecified atom stereocenters. The zero-order chi connectivity index (χ0) is 17.1. The number of thiophene rings is 1. The van der Waals surface area contributed by atoms with Crippen molar-refractivity contribution in [1.82, 2.24) is 14.9 Å². The SMILES string of the molecule is CCc1cc2c(=O)n(CC(=O)NCc3ccc(F)cc3)cnc2s1. The van der Waals surface area contributed by atoms with E-state index in [0.717, 1.165) is 16.9 Å². The van der Waals surface area contributed by atoms with Crippen molar-refractivity contribution < 1.29 is 9.18 Å². The van der Waals surface area contributed by atoms with Gasteiger partial charge in [-0.2, -0.15) is 0 Å². The van der Waals surface area contributed by atoms with E-state index < -0.39 is 0 Å². The van der Waals surface area contributed by atoms with Gasteiger partial charge in [0.1, 0.15) is 17.2 Å². The van der Waals surface area contributed by atoms with Crippen LogP contribution in [-0.2, 0) is 24.3 Å². The third kappa shape index (κ3) is 3.51. The van der Waals surface area contributed by atoms with E-state index >= 15 is 0 Å². The highest BCUT2D eigenvalue weighted by atomic mass is 32.1. The quantitative estimate of drug-likeness (QED) is 0.773. The summed E-state index contributed by atoms with van der Waals surface area (Å²) >= 11 is 1.49. The molecule has 0 saturated heterocycles. The number of aryl methyl sites for hydroxylation is 1. The molecule has 0 saturated carbocycles. The van der Waals surface area contributed by atoms with Gasteiger partial charge in [0.15, 0.2) is 0 Å². The predicted octanol–water partition coefficient (Wildman–Crippen LogP) is 2.48. The van der Waals surface area contributed by atoms with Crippen molar-refractivity contribution in [2.45, 2.75) is 26.4 Å². The number of aromatic nitrogens is 2. The second kappa shape index (κ2) is 6.92. The van der Waals surface area contributed by atoms with E-state index in [9.17, 15) is 14.0 Å². The normalized spacial score (nSPS) is 10.9. The summed E-state index contributed by atoms with van der Waals surface area (Å²) in [7, 11) is 0. The van der Waals surface area contributed by atoms with Crippen LogP contribution in [0.15, 0.2) is 41.5 Å². The van der Waals surface area contributed by atoms with Crippen molar-refractivity contribution >= 4 is 27.5 Å². The van der Waals surface area contributed by atoms with Gasteiger partial charge in [0.2, 0.25) is 5.91 Å². The summed E-state index contributed by atoms with van der Waals surface area (Å²) in [6.45, 7) is 2.20. The fourth-order valence-electron chi connectivity index (χ4n) is 2.31. The number of halogens is 1. The number of carbonyl (C=O) groups is 1. The standard InChI is InChI=1S/C17H16FN3O2S/c1-2-13-7-14-16(24-13)20-10-21(17(14)23)9-15(22)19-8-11-3-5-12(18)6-4-11/h3-7,10H,2,8-9H2,1H3,(H,19,22). The maximum Gasteiger partial charge on any atom is 0.262 e. The van der Waals surface area contributed by atoms with Crippen LogP contribution < -0.4 is 10.9 Å². The number of carbonyl (C=O) groups excluding carboxylic acids is 1. The summed E-state index contributed by atoms with van der Waals surface area (Å²) in [6, 6.07) is 7.72. The fourth-order valence-corrected chi connectivity index (χ4v) is 3.24. The molecule has 0 fully saturated rings. The summed E-state index contributed by atoms with van der Waals surface area (Å²) in [6.07, 6.45) is 2.25. The van der Waals surface area contributed by atoms with Gasteiger partial charge >= 0.3 is 0 Å². The smallest absolute Gasteiger partial charge is 0.262 e. The van der Waals surface area contributed by atoms with E-state index in [-0.39, 0.29) is 30.4 Å². The Bertz CT molecular complexity index is 931. The fraction of sp³-hybridized carbons (Fsp3) is 0.235. The maximum absolute atomic E-state index is 12.8. The number of benzene rings is 1. The summed E-state index contributed by atoms with van der Waals surface area (Å²) in [5.74, 6) is -0.619. The molecule has 0 radical (unpaired) electrons. The Morgan fingerprint density at radius 2 is 2.08 bits per heavy atom. The van der Waals surface area contributed by atoms with E-state index in [1.165, 1.54) is 34.4 Å². The summed E-state index contributed by atoms with van der Waals surface area (Å²) < 4.78 is 14.1. The summed E-state index contributed by atoms with van der Waals surface area (Å²) in [5.41, 5.74) is 0.573. The molecular formula is C17H16FN3O2S. The molecule has 0 aliphatic heterocycles. The highest BCUT2D eigenvalue weighted by molar-refractivity contribution is 7.18. The number of rotatable bonds is 5. The molecule has 2 aromatic heterocycles. The van der Waals surface area contributed by atoms with Crippen LogP contribution in [0.25, 0.3) is 10.2 Å². The number of nitrogens with zero attached hydrogens (tertiary/aromatic N) is 2. The second-order valence-corrected chi connectivity index (χ2v) is 6.48. The molecule has 124 valence electrons. The Kier molecular flexibility index (Phi) is 4.71. The lowest BCUT2D eigenvalue weighted by atomic mass is 10.2. The average molecular weight is 345 g/mol. The van der Waals surface area contributed by atoms with Gasteiger partial charge in [0, 0.05) is 11.4 Å². The van der Waals surface area contributed by atoms with Gasteiger partial charge in [-0.3, -0.25) is 14.2 Å². The van der Waals surface area contributed by atoms with Crippen LogP contribution in [0.1, 0.15) is 17.4 Å². The van der Waals surface area contributed by atoms with Gasteiger partial charge in [0.05, 0.1) is 11.7 Å². The molecule has 1 N–H and O–H groups in total. The molecule has 5 nitrogen and oxygen atoms in total. The molecular weight excluding hydrogens is 329 g/mol. The monoisotopic (exact) mass is 345 g/mol. The predicted molar refractivity (Wildman–Crippen MR) is 91.5 cm³/mol. The van der Waals surface area contributed by atoms with Crippen molar-refractivity contribution in [3.8, 4) is 0 Å². The zero-order valence-corrected chi connectivity index (χ0v) is 13.9. The van der Waals surface area contributed by atoms with Gasteiger partial charge in [-0.15, -0.1) is 11.3 Å². The lowest BCUT2D eigenvalue weighted by molar-refractivity contribution is -0.121. The first-order valence-electron chi connectivity index (χ1n) is 7.56. The van der Waals surface area contributed by atoms with Crippen LogP contribution in [0.4, 0.5) is 4.39 Å². The second-order valence-electron chi connectivity index (χ2n) is 5.37. The first-order valence-corrected chi connectivity index (χ1v) is 8.37. The Morgan fingerprint density at radius 3 is 2.79 bits per heavy atom. The third-order valence-corrected chi connectivity index (χ3v) is 4.82. The van der Waals surface area contributed by atoms with E-state index in [2.05, 4.69) is 10.3 Å². The van der Waals surface area contributed by atoms with Crippen molar-refractivity contribution in [3.63, 3.8) is 0 Å². The molecule has 0 bridgehead atoms. The van der Waals surface area contributed by atoms with Crippen LogP contribution in [0, 0.1) is 5.82 Å². The Hall–Kier alpha value is -2.54. The van der Waals surface area contributed by atoms with Crippen molar-refractivity contribution in [3.05, 3.63) is 63.3 Å². The number of amides is 1. The number of fused-ring (bicyclic) bond motifs is 1. The molecule has 0 aliphatic rings. The van der Waals surface area contributed by atoms with Crippen molar-refractivity contribution in [2.24, 2.45) is 0 Å². The Balaban J connectivity index is 1.69. The highest BCUT2D eigenvalue weighted by Gasteiger charge is 2.10. The molecule has 2 heterocycles. The van der Waals surface area contributed by atoms with Crippen LogP contribution in [-0.4, -0.2) is 15.5 Å². The summed E-state index contributed by atoms with van der Waals surface area (Å²) in [4.78, 5) is 30.5. The molecule has 7 heteroatoms. The molecule has 3 aromatic rings. The Morgan fingerprint density at radius 1 is 1.33 bits per heavy atom. The van der Waals surface area contributed by atoms with Gasteiger partial charge in [-0.1, -0.05) is 19.1 Å². The molecule has 24 heavy (non-hydrogen) atoms. The van der Waals surface area contributed by atoms with Gasteiger partial charge in [-0.25, -0.2) is 9.37 Å². The summed E-state index contributed by atoms with van der Waals surface area (Å²) in [5, 5.41) is 3.26. The zero-order valence-electron chi connectivity index (χ0n) is 13.1. The highest BCUT2D eigenvalue weighted by Crippen LogP contribution is 2.20. The number of hydrogen-bond acceptors (Lipinski definition) is 4. The topological polar surface area (TPSA) is 64.0 Å². The maximum atomic E-state index is 12.8. The Labute approximate surface area is 141 Å². The van der Waals surface area contributed by atoms with Gasteiger partial charge < -0.3 is 5.32 Å². The molecule has 0 atom stereocenters. The molecule has 1 amide bonds. The lowest BCUT2D eigenvalue weighted by Gasteiger charge is -2.07. The first kappa shape index (κ1) is 16.3. The van der Waals surface area contributed by atoms with Crippen molar-refractivity contribution in [1.29, 1.82) is 0 Å². The van der Waals surface area contributed by atoms with E-state index in [4.69, 9.17) is 0 Å². The van der Waals surface area contributed by atoms with E-state index in [1.54, 1.807) is 12.1 Å². The van der Waals surface area contributed by atoms with Gasteiger partial charge in [-0.05, 0) is 30.2 Å². The third-order valence-electron chi connectivity index (χ3n) is 3.63. The van der Waals surface area contributed by atoms with E-state index in [0.29, 0.717) is 10.2 Å². The molecule has 0 aliphatic carbocycles. The van der Waals surface area contributed by atoms with E-state index in [1.807, 2.05) is 13.0 Å². The number of hydrogen-bond donors (Lipinski definition) is 1. The van der Waals surface area contributed by atoms with Crippen LogP contribution in [0.3, 0.4) is 0 Å².